The van der Waals surface area contributed by atoms with Crippen molar-refractivity contribution in [2.24, 2.45) is 5.92 Å². The van der Waals surface area contributed by atoms with Gasteiger partial charge in [0.2, 0.25) is 0 Å². The number of hydrogen-bond acceptors (Lipinski definition) is 1. The Kier molecular flexibility index (Phi) is 10.1. The Bertz CT molecular complexity index is 1660. The van der Waals surface area contributed by atoms with Gasteiger partial charge in [-0.15, -0.1) is 0 Å². The molecular weight excluding hydrogens is 612 g/mol. The maximum absolute atomic E-state index is 15.2. The summed E-state index contributed by atoms with van der Waals surface area (Å²) in [6, 6.07) is 9.75. The number of alkyl halides is 2. The first-order valence-electron chi connectivity index (χ1n) is 15.5. The minimum absolute atomic E-state index is 0.146. The van der Waals surface area contributed by atoms with Gasteiger partial charge in [-0.1, -0.05) is 44.7 Å². The molecule has 0 saturated heterocycles. The van der Waals surface area contributed by atoms with Crippen molar-refractivity contribution in [1.82, 2.24) is 0 Å². The van der Waals surface area contributed by atoms with Crippen LogP contribution in [0, 0.1) is 47.7 Å². The van der Waals surface area contributed by atoms with Crippen LogP contribution in [0.2, 0.25) is 0 Å². The van der Waals surface area contributed by atoms with Crippen LogP contribution in [0.5, 0.6) is 5.75 Å². The molecule has 0 spiro atoms. The second-order valence-corrected chi connectivity index (χ2v) is 12.1. The van der Waals surface area contributed by atoms with E-state index in [1.807, 2.05) is 0 Å². The van der Waals surface area contributed by atoms with E-state index in [2.05, 4.69) is 11.7 Å². The maximum atomic E-state index is 15.2. The van der Waals surface area contributed by atoms with Crippen molar-refractivity contribution in [2.75, 3.05) is 0 Å². The van der Waals surface area contributed by atoms with Gasteiger partial charge < -0.3 is 4.74 Å². The Balaban J connectivity index is 1.31. The number of ether oxygens (including phenoxy) is 1. The highest BCUT2D eigenvalue weighted by molar-refractivity contribution is 5.67. The summed E-state index contributed by atoms with van der Waals surface area (Å²) >= 11 is 0. The Hall–Kier alpha value is -3.88. The molecule has 1 aliphatic carbocycles. The molecule has 1 saturated carbocycles. The molecule has 0 radical (unpaired) electrons. The van der Waals surface area contributed by atoms with Crippen molar-refractivity contribution in [3.05, 3.63) is 112 Å². The Morgan fingerprint density at radius 3 is 1.74 bits per heavy atom. The lowest BCUT2D eigenvalue weighted by molar-refractivity contribution is -0.189. The molecule has 5 rings (SSSR count). The fourth-order valence-electron chi connectivity index (χ4n) is 6.29. The summed E-state index contributed by atoms with van der Waals surface area (Å²) in [5.41, 5.74) is -2.13. The van der Waals surface area contributed by atoms with Crippen LogP contribution in [0.4, 0.5) is 35.1 Å². The summed E-state index contributed by atoms with van der Waals surface area (Å²) < 4.78 is 123. The van der Waals surface area contributed by atoms with Crippen LogP contribution in [-0.4, -0.2) is 0 Å². The number of unbranched alkanes of at least 4 members (excludes halogenated alkanes) is 2. The first-order valence-corrected chi connectivity index (χ1v) is 15.5. The summed E-state index contributed by atoms with van der Waals surface area (Å²) in [7, 11) is 0. The van der Waals surface area contributed by atoms with Crippen LogP contribution in [0.1, 0.15) is 80.9 Å². The molecule has 0 unspecified atom stereocenters. The molecule has 1 fully saturated rings. The average Bonchev–Trinajstić information content (AvgIpc) is 2.99. The van der Waals surface area contributed by atoms with Gasteiger partial charge in [0.1, 0.15) is 46.2 Å². The zero-order valence-electron chi connectivity index (χ0n) is 25.5. The average molecular weight is 647 g/mol. The van der Waals surface area contributed by atoms with Crippen molar-refractivity contribution >= 4 is 0 Å². The molecule has 4 aromatic carbocycles. The summed E-state index contributed by atoms with van der Waals surface area (Å²) in [6.07, 6.45) is 4.20. The molecule has 46 heavy (non-hydrogen) atoms. The molecule has 0 aliphatic heterocycles. The summed E-state index contributed by atoms with van der Waals surface area (Å²) in [5.74, 6) is -7.06. The normalized spacial score (nSPS) is 16.9. The lowest BCUT2D eigenvalue weighted by Gasteiger charge is -2.29. The SMILES string of the molecule is CCCCCC1CCC(c2ccc(-c3cc(F)c(C(F)(F)Oc4ccc(-c5cc(F)c(C)c(F)c5)c(F)c4)c(F)c3)c(F)c2)CC1. The lowest BCUT2D eigenvalue weighted by Crippen LogP contribution is -2.25. The van der Waals surface area contributed by atoms with Crippen LogP contribution in [0.15, 0.2) is 60.7 Å². The highest BCUT2D eigenvalue weighted by Gasteiger charge is 2.41. The number of halogens is 8. The van der Waals surface area contributed by atoms with E-state index in [9.17, 15) is 13.2 Å². The quantitative estimate of drug-likeness (QED) is 0.123. The number of hydrogen-bond donors (Lipinski definition) is 0. The van der Waals surface area contributed by atoms with Gasteiger partial charge in [0.15, 0.2) is 0 Å². The summed E-state index contributed by atoms with van der Waals surface area (Å²) in [6.45, 7) is 3.37. The van der Waals surface area contributed by atoms with Gasteiger partial charge in [-0.2, -0.15) is 8.78 Å². The zero-order valence-corrected chi connectivity index (χ0v) is 25.5. The highest BCUT2D eigenvalue weighted by atomic mass is 19.3. The molecular formula is C37H34F8O. The van der Waals surface area contributed by atoms with Gasteiger partial charge in [-0.3, -0.25) is 0 Å². The van der Waals surface area contributed by atoms with E-state index in [-0.39, 0.29) is 33.7 Å². The number of benzene rings is 4. The molecule has 9 heteroatoms. The van der Waals surface area contributed by atoms with Gasteiger partial charge in [0, 0.05) is 22.8 Å². The third-order valence-electron chi connectivity index (χ3n) is 8.95. The van der Waals surface area contributed by atoms with Crippen LogP contribution in [0.25, 0.3) is 22.3 Å². The fourth-order valence-corrected chi connectivity index (χ4v) is 6.29. The second-order valence-electron chi connectivity index (χ2n) is 12.1. The van der Waals surface area contributed by atoms with Crippen molar-refractivity contribution in [1.29, 1.82) is 0 Å². The minimum Gasteiger partial charge on any atom is -0.429 e. The highest BCUT2D eigenvalue weighted by Crippen LogP contribution is 2.41. The van der Waals surface area contributed by atoms with Crippen molar-refractivity contribution < 1.29 is 39.9 Å². The van der Waals surface area contributed by atoms with E-state index in [4.69, 9.17) is 0 Å². The van der Waals surface area contributed by atoms with E-state index < -0.39 is 52.3 Å². The standard InChI is InChI=1S/C37H34F8O/c1-3-4-5-6-22-7-9-23(10-8-22)24-11-13-28(32(40)15-24)26-18-34(42)36(35(43)19-26)37(44,45)46-27-12-14-29(33(41)20-27)25-16-30(38)21(2)31(39)17-25/h11-20,22-23H,3-10H2,1-2H3. The Morgan fingerprint density at radius 2 is 1.20 bits per heavy atom. The summed E-state index contributed by atoms with van der Waals surface area (Å²) in [5, 5.41) is 0. The lowest BCUT2D eigenvalue weighted by atomic mass is 9.77. The van der Waals surface area contributed by atoms with Crippen molar-refractivity contribution in [2.45, 2.75) is 77.2 Å². The molecule has 0 heterocycles. The van der Waals surface area contributed by atoms with Crippen LogP contribution >= 0.6 is 0 Å². The Morgan fingerprint density at radius 1 is 0.652 bits per heavy atom. The molecule has 4 aromatic rings. The molecule has 0 amide bonds. The predicted octanol–water partition coefficient (Wildman–Crippen LogP) is 12.1. The number of rotatable bonds is 10. The van der Waals surface area contributed by atoms with Gasteiger partial charge >= 0.3 is 6.11 Å². The van der Waals surface area contributed by atoms with Crippen LogP contribution in [0.3, 0.4) is 0 Å². The molecule has 0 N–H and O–H groups in total. The Labute approximate surface area is 263 Å². The third kappa shape index (κ3) is 7.24. The van der Waals surface area contributed by atoms with E-state index in [1.165, 1.54) is 44.7 Å². The van der Waals surface area contributed by atoms with E-state index in [0.717, 1.165) is 55.5 Å². The molecule has 0 atom stereocenters. The molecule has 1 nitrogen and oxygen atoms in total. The van der Waals surface area contributed by atoms with Crippen molar-refractivity contribution in [3.8, 4) is 28.0 Å². The molecule has 1 aliphatic rings. The molecule has 0 aromatic heterocycles. The fraction of sp³-hybridized carbons (Fsp3) is 0.351. The predicted molar refractivity (Wildman–Crippen MR) is 162 cm³/mol. The summed E-state index contributed by atoms with van der Waals surface area (Å²) in [4.78, 5) is 0. The van der Waals surface area contributed by atoms with Gasteiger partial charge in [-0.05, 0) is 104 Å². The van der Waals surface area contributed by atoms with E-state index in [0.29, 0.717) is 24.1 Å². The smallest absolute Gasteiger partial charge is 0.429 e. The van der Waals surface area contributed by atoms with Crippen molar-refractivity contribution in [3.63, 3.8) is 0 Å². The monoisotopic (exact) mass is 646 g/mol. The van der Waals surface area contributed by atoms with Gasteiger partial charge in [0.25, 0.3) is 0 Å². The van der Waals surface area contributed by atoms with E-state index >= 15 is 22.0 Å². The third-order valence-corrected chi connectivity index (χ3v) is 8.95. The zero-order chi connectivity index (χ0) is 33.2. The molecule has 244 valence electrons. The van der Waals surface area contributed by atoms with Crippen LogP contribution < -0.4 is 4.74 Å². The van der Waals surface area contributed by atoms with Gasteiger partial charge in [-0.25, -0.2) is 26.3 Å². The minimum atomic E-state index is -4.60. The molecule has 0 bridgehead atoms. The van der Waals surface area contributed by atoms with E-state index in [1.54, 1.807) is 6.07 Å². The first kappa shape index (κ1) is 33.5. The van der Waals surface area contributed by atoms with Crippen LogP contribution in [-0.2, 0) is 6.11 Å². The topological polar surface area (TPSA) is 9.23 Å². The largest absolute Gasteiger partial charge is 0.432 e. The second kappa shape index (κ2) is 13.9. The van der Waals surface area contributed by atoms with Gasteiger partial charge in [0.05, 0.1) is 0 Å². The maximum Gasteiger partial charge on any atom is 0.432 e. The first-order chi connectivity index (χ1) is 21.9.